The molecule has 0 fully saturated rings. The Kier molecular flexibility index (Phi) is 8.31. The van der Waals surface area contributed by atoms with Crippen molar-refractivity contribution in [3.63, 3.8) is 0 Å². The lowest BCUT2D eigenvalue weighted by Crippen LogP contribution is -2.20. The Bertz CT molecular complexity index is 1410. The number of carbonyl (C=O) groups excluding carboxylic acids is 1. The van der Waals surface area contributed by atoms with Gasteiger partial charge in [-0.05, 0) is 70.6 Å². The van der Waals surface area contributed by atoms with Crippen LogP contribution in [0, 0.1) is 0 Å². The summed E-state index contributed by atoms with van der Waals surface area (Å²) in [6.45, 7) is 2.82. The van der Waals surface area contributed by atoms with Crippen LogP contribution >= 0.6 is 23.4 Å². The van der Waals surface area contributed by atoms with Gasteiger partial charge in [0.25, 0.3) is 0 Å². The van der Waals surface area contributed by atoms with Gasteiger partial charge in [0.1, 0.15) is 6.61 Å². The minimum absolute atomic E-state index is 0.131. The zero-order valence-corrected chi connectivity index (χ0v) is 22.5. The Hall–Kier alpha value is -3.74. The number of hydrogen-bond donors (Lipinski definition) is 1. The highest BCUT2D eigenvalue weighted by Gasteiger charge is 2.28. The number of rotatable bonds is 10. The normalized spacial score (nSPS) is 12.3. The Labute approximate surface area is 231 Å². The van der Waals surface area contributed by atoms with E-state index in [-0.39, 0.29) is 11.2 Å². The lowest BCUT2D eigenvalue weighted by atomic mass is 10.1. The largest absolute Gasteiger partial charge is 0.490 e. The van der Waals surface area contributed by atoms with Gasteiger partial charge in [-0.15, -0.1) is 11.8 Å². The van der Waals surface area contributed by atoms with E-state index in [0.717, 1.165) is 11.1 Å². The minimum Gasteiger partial charge on any atom is -0.490 e. The zero-order valence-electron chi connectivity index (χ0n) is 20.9. The summed E-state index contributed by atoms with van der Waals surface area (Å²) in [5, 5.41) is 4.98. The number of amides is 1. The standard InChI is InChI=1S/C31H27ClN2O3S/c1-2-36-29-17-22(13-16-28(29)37-19-21-11-14-23(32)15-12-21)18-33-34-30(35)20-38-31-26-9-5-3-7-24(26)25-8-4-6-10-27(25)31/h3-18,31H,2,19-20H2,1H3,(H,34,35)/b33-18+. The third-order valence-electron chi connectivity index (χ3n) is 6.14. The first-order valence-electron chi connectivity index (χ1n) is 12.4. The monoisotopic (exact) mass is 542 g/mol. The van der Waals surface area contributed by atoms with Crippen molar-refractivity contribution in [2.24, 2.45) is 5.10 Å². The number of nitrogens with one attached hydrogen (secondary N) is 1. The number of benzene rings is 4. The van der Waals surface area contributed by atoms with Gasteiger partial charge in [0, 0.05) is 5.02 Å². The van der Waals surface area contributed by atoms with Crippen LogP contribution in [0.15, 0.2) is 96.1 Å². The van der Waals surface area contributed by atoms with Crippen molar-refractivity contribution >= 4 is 35.5 Å². The maximum atomic E-state index is 12.6. The molecule has 1 aliphatic rings. The molecule has 0 saturated carbocycles. The number of thioether (sulfide) groups is 1. The second-order valence-corrected chi connectivity index (χ2v) is 10.2. The minimum atomic E-state index is -0.152. The lowest BCUT2D eigenvalue weighted by Gasteiger charge is -2.13. The predicted octanol–water partition coefficient (Wildman–Crippen LogP) is 7.27. The first-order valence-corrected chi connectivity index (χ1v) is 13.8. The molecule has 1 N–H and O–H groups in total. The molecule has 0 unspecified atom stereocenters. The number of halogens is 1. The van der Waals surface area contributed by atoms with E-state index in [9.17, 15) is 4.79 Å². The molecule has 0 bridgehead atoms. The van der Waals surface area contributed by atoms with Gasteiger partial charge in [0.15, 0.2) is 11.5 Å². The molecule has 5 rings (SSSR count). The SMILES string of the molecule is CCOc1cc(/C=N/NC(=O)CSC2c3ccccc3-c3ccccc32)ccc1OCc1ccc(Cl)cc1. The number of nitrogens with zero attached hydrogens (tertiary/aromatic N) is 1. The topological polar surface area (TPSA) is 59.9 Å². The van der Waals surface area contributed by atoms with Gasteiger partial charge in [-0.25, -0.2) is 5.43 Å². The summed E-state index contributed by atoms with van der Waals surface area (Å²) in [6.07, 6.45) is 1.61. The van der Waals surface area contributed by atoms with Crippen molar-refractivity contribution in [3.05, 3.63) is 118 Å². The quantitative estimate of drug-likeness (QED) is 0.169. The van der Waals surface area contributed by atoms with Gasteiger partial charge in [-0.2, -0.15) is 5.10 Å². The van der Waals surface area contributed by atoms with Crippen LogP contribution < -0.4 is 14.9 Å². The van der Waals surface area contributed by atoms with Gasteiger partial charge in [-0.1, -0.05) is 72.3 Å². The van der Waals surface area contributed by atoms with E-state index in [2.05, 4.69) is 46.9 Å². The van der Waals surface area contributed by atoms with Crippen LogP contribution in [0.5, 0.6) is 11.5 Å². The molecular formula is C31H27ClN2O3S. The highest BCUT2D eigenvalue weighted by molar-refractivity contribution is 8.00. The summed E-state index contributed by atoms with van der Waals surface area (Å²) in [4.78, 5) is 12.6. The number of fused-ring (bicyclic) bond motifs is 3. The third-order valence-corrected chi connectivity index (χ3v) is 7.66. The van der Waals surface area contributed by atoms with Crippen LogP contribution in [-0.4, -0.2) is 24.5 Å². The summed E-state index contributed by atoms with van der Waals surface area (Å²) in [5.74, 6) is 1.40. The van der Waals surface area contributed by atoms with Crippen molar-refractivity contribution in [3.8, 4) is 22.6 Å². The first kappa shape index (κ1) is 25.9. The molecule has 38 heavy (non-hydrogen) atoms. The van der Waals surface area contributed by atoms with Crippen LogP contribution in [-0.2, 0) is 11.4 Å². The maximum Gasteiger partial charge on any atom is 0.250 e. The second-order valence-electron chi connectivity index (χ2n) is 8.71. The van der Waals surface area contributed by atoms with E-state index in [0.29, 0.717) is 35.5 Å². The highest BCUT2D eigenvalue weighted by atomic mass is 35.5. The molecular weight excluding hydrogens is 516 g/mol. The molecule has 1 aliphatic carbocycles. The molecule has 4 aromatic rings. The zero-order chi connectivity index (χ0) is 26.3. The molecule has 0 aromatic heterocycles. The van der Waals surface area contributed by atoms with E-state index in [1.807, 2.05) is 61.5 Å². The fourth-order valence-electron chi connectivity index (χ4n) is 4.39. The Morgan fingerprint density at radius 2 is 1.61 bits per heavy atom. The van der Waals surface area contributed by atoms with Crippen LogP contribution in [0.25, 0.3) is 11.1 Å². The van der Waals surface area contributed by atoms with Gasteiger partial charge in [0.05, 0.1) is 23.8 Å². The van der Waals surface area contributed by atoms with E-state index in [4.69, 9.17) is 21.1 Å². The number of carbonyl (C=O) groups is 1. The van der Waals surface area contributed by atoms with Crippen LogP contribution in [0.3, 0.4) is 0 Å². The van der Waals surface area contributed by atoms with E-state index < -0.39 is 0 Å². The second kappa shape index (κ2) is 12.2. The van der Waals surface area contributed by atoms with Gasteiger partial charge >= 0.3 is 0 Å². The molecule has 1 amide bonds. The van der Waals surface area contributed by atoms with Crippen LogP contribution in [0.4, 0.5) is 0 Å². The fraction of sp³-hybridized carbons (Fsp3) is 0.161. The van der Waals surface area contributed by atoms with Crippen molar-refractivity contribution < 1.29 is 14.3 Å². The van der Waals surface area contributed by atoms with Gasteiger partial charge < -0.3 is 9.47 Å². The summed E-state index contributed by atoms with van der Waals surface area (Å²) in [7, 11) is 0. The summed E-state index contributed by atoms with van der Waals surface area (Å²) < 4.78 is 11.7. The third kappa shape index (κ3) is 6.04. The number of hydrogen-bond acceptors (Lipinski definition) is 5. The molecule has 0 saturated heterocycles. The predicted molar refractivity (Wildman–Crippen MR) is 155 cm³/mol. The van der Waals surface area contributed by atoms with Crippen molar-refractivity contribution in [2.75, 3.05) is 12.4 Å². The smallest absolute Gasteiger partial charge is 0.250 e. The van der Waals surface area contributed by atoms with E-state index >= 15 is 0 Å². The fourth-order valence-corrected chi connectivity index (χ4v) is 5.67. The molecule has 0 radical (unpaired) electrons. The van der Waals surface area contributed by atoms with E-state index in [1.165, 1.54) is 22.3 Å². The molecule has 192 valence electrons. The van der Waals surface area contributed by atoms with Gasteiger partial charge in [-0.3, -0.25) is 4.79 Å². The van der Waals surface area contributed by atoms with Crippen molar-refractivity contribution in [1.82, 2.24) is 5.43 Å². The molecule has 0 atom stereocenters. The molecule has 0 heterocycles. The number of ether oxygens (including phenoxy) is 2. The van der Waals surface area contributed by atoms with Gasteiger partial charge in [0.2, 0.25) is 5.91 Å². The Balaban J connectivity index is 1.18. The number of hydrazone groups is 1. The Morgan fingerprint density at radius 3 is 2.29 bits per heavy atom. The molecule has 4 aromatic carbocycles. The molecule has 0 spiro atoms. The summed E-state index contributed by atoms with van der Waals surface area (Å²) in [5.41, 5.74) is 9.42. The first-order chi connectivity index (χ1) is 18.6. The highest BCUT2D eigenvalue weighted by Crippen LogP contribution is 2.49. The van der Waals surface area contributed by atoms with Crippen molar-refractivity contribution in [1.29, 1.82) is 0 Å². The Morgan fingerprint density at radius 1 is 0.921 bits per heavy atom. The lowest BCUT2D eigenvalue weighted by molar-refractivity contribution is -0.118. The maximum absolute atomic E-state index is 12.6. The molecule has 0 aliphatic heterocycles. The summed E-state index contributed by atoms with van der Waals surface area (Å²) in [6, 6.07) is 29.9. The van der Waals surface area contributed by atoms with Crippen molar-refractivity contribution in [2.45, 2.75) is 18.8 Å². The van der Waals surface area contributed by atoms with Crippen LogP contribution in [0.1, 0.15) is 34.4 Å². The van der Waals surface area contributed by atoms with Crippen LogP contribution in [0.2, 0.25) is 5.02 Å². The molecule has 5 nitrogen and oxygen atoms in total. The summed E-state index contributed by atoms with van der Waals surface area (Å²) >= 11 is 7.57. The average molecular weight is 543 g/mol. The van der Waals surface area contributed by atoms with E-state index in [1.54, 1.807) is 18.0 Å². The molecule has 7 heteroatoms. The average Bonchev–Trinajstić information content (AvgIpc) is 3.26.